The molecular weight excluding hydrogens is 280 g/mol. The van der Waals surface area contributed by atoms with Crippen LogP contribution < -0.4 is 10.6 Å². The van der Waals surface area contributed by atoms with Crippen LogP contribution in [0.1, 0.15) is 5.56 Å². The zero-order valence-corrected chi connectivity index (χ0v) is 12.1. The summed E-state index contributed by atoms with van der Waals surface area (Å²) in [6.45, 7) is 2.15. The molecule has 1 aliphatic carbocycles. The van der Waals surface area contributed by atoms with Crippen LogP contribution in [0.15, 0.2) is 29.2 Å². The first-order valence-electron chi connectivity index (χ1n) is 6.58. The van der Waals surface area contributed by atoms with Gasteiger partial charge < -0.3 is 10.6 Å². The van der Waals surface area contributed by atoms with E-state index in [1.165, 1.54) is 10.5 Å². The molecule has 3 atom stereocenters. The average molecular weight is 297 g/mol. The standard InChI is InChI=1S/C14H16N2OS.ClH/c17-14(16-13-9-6-15-7-10(9)13)12-5-8-3-1-2-4-11(8)18-12;/h1-4,9-10,12-13,15H,5-7H2,(H,16,17);1H. The molecule has 3 unspecified atom stereocenters. The lowest BCUT2D eigenvalue weighted by atomic mass is 10.1. The van der Waals surface area contributed by atoms with Gasteiger partial charge in [-0.25, -0.2) is 0 Å². The van der Waals surface area contributed by atoms with Gasteiger partial charge >= 0.3 is 0 Å². The van der Waals surface area contributed by atoms with E-state index in [0.717, 1.165) is 19.5 Å². The van der Waals surface area contributed by atoms with Gasteiger partial charge in [-0.05, 0) is 29.9 Å². The van der Waals surface area contributed by atoms with Crippen LogP contribution >= 0.6 is 24.2 Å². The maximum absolute atomic E-state index is 12.2. The van der Waals surface area contributed by atoms with E-state index in [0.29, 0.717) is 17.9 Å². The van der Waals surface area contributed by atoms with Crippen LogP contribution in [0.4, 0.5) is 0 Å². The summed E-state index contributed by atoms with van der Waals surface area (Å²) < 4.78 is 0. The minimum atomic E-state index is 0. The van der Waals surface area contributed by atoms with Crippen LogP contribution in [0.25, 0.3) is 0 Å². The van der Waals surface area contributed by atoms with Gasteiger partial charge in [-0.15, -0.1) is 24.2 Å². The van der Waals surface area contributed by atoms with Crippen molar-refractivity contribution in [1.82, 2.24) is 10.6 Å². The first kappa shape index (κ1) is 13.3. The molecule has 3 nitrogen and oxygen atoms in total. The topological polar surface area (TPSA) is 41.1 Å². The number of carbonyl (C=O) groups excluding carboxylic acids is 1. The molecule has 0 aromatic heterocycles. The van der Waals surface area contributed by atoms with Crippen LogP contribution in [-0.2, 0) is 11.2 Å². The lowest BCUT2D eigenvalue weighted by molar-refractivity contribution is -0.120. The van der Waals surface area contributed by atoms with Crippen molar-refractivity contribution in [2.45, 2.75) is 22.6 Å². The average Bonchev–Trinajstić information content (AvgIpc) is 2.84. The van der Waals surface area contributed by atoms with E-state index in [2.05, 4.69) is 28.8 Å². The van der Waals surface area contributed by atoms with Gasteiger partial charge in [0.05, 0.1) is 5.25 Å². The molecule has 1 aromatic carbocycles. The van der Waals surface area contributed by atoms with E-state index in [-0.39, 0.29) is 23.6 Å². The van der Waals surface area contributed by atoms with E-state index in [1.807, 2.05) is 6.07 Å². The number of fused-ring (bicyclic) bond motifs is 2. The van der Waals surface area contributed by atoms with Gasteiger partial charge in [-0.1, -0.05) is 18.2 Å². The number of piperidine rings is 1. The van der Waals surface area contributed by atoms with Gasteiger partial charge in [0.2, 0.25) is 5.91 Å². The van der Waals surface area contributed by atoms with Crippen molar-refractivity contribution in [3.8, 4) is 0 Å². The maximum Gasteiger partial charge on any atom is 0.234 e. The molecule has 19 heavy (non-hydrogen) atoms. The van der Waals surface area contributed by atoms with Gasteiger partial charge in [0.1, 0.15) is 0 Å². The second kappa shape index (κ2) is 5.00. The number of thioether (sulfide) groups is 1. The Morgan fingerprint density at radius 3 is 2.74 bits per heavy atom. The predicted molar refractivity (Wildman–Crippen MR) is 78.8 cm³/mol. The molecule has 102 valence electrons. The van der Waals surface area contributed by atoms with Gasteiger partial charge in [0, 0.05) is 24.0 Å². The van der Waals surface area contributed by atoms with Crippen molar-refractivity contribution in [2.75, 3.05) is 13.1 Å². The molecular formula is C14H17ClN2OS. The zero-order valence-electron chi connectivity index (χ0n) is 10.5. The number of hydrogen-bond acceptors (Lipinski definition) is 3. The summed E-state index contributed by atoms with van der Waals surface area (Å²) in [5.41, 5.74) is 1.32. The summed E-state index contributed by atoms with van der Waals surface area (Å²) in [5.74, 6) is 1.63. The minimum Gasteiger partial charge on any atom is -0.352 e. The lowest BCUT2D eigenvalue weighted by Gasteiger charge is -2.11. The summed E-state index contributed by atoms with van der Waals surface area (Å²) in [6.07, 6.45) is 0.882. The normalized spacial score (nSPS) is 34.1. The Morgan fingerprint density at radius 2 is 2.00 bits per heavy atom. The van der Waals surface area contributed by atoms with Crippen molar-refractivity contribution < 1.29 is 4.79 Å². The van der Waals surface area contributed by atoms with Gasteiger partial charge in [0.25, 0.3) is 0 Å². The van der Waals surface area contributed by atoms with E-state index >= 15 is 0 Å². The molecule has 1 saturated heterocycles. The van der Waals surface area contributed by atoms with Crippen molar-refractivity contribution in [2.24, 2.45) is 11.8 Å². The fraction of sp³-hybridized carbons (Fsp3) is 0.500. The predicted octanol–water partition coefficient (Wildman–Crippen LogP) is 1.46. The van der Waals surface area contributed by atoms with Gasteiger partial charge in [-0.2, -0.15) is 0 Å². The molecule has 2 aliphatic heterocycles. The summed E-state index contributed by atoms with van der Waals surface area (Å²) in [6, 6.07) is 8.79. The molecule has 0 spiro atoms. The molecule has 0 bridgehead atoms. The lowest BCUT2D eigenvalue weighted by Crippen LogP contribution is -2.37. The highest BCUT2D eigenvalue weighted by Gasteiger charge is 2.54. The molecule has 1 aromatic rings. The van der Waals surface area contributed by atoms with E-state index in [1.54, 1.807) is 11.8 Å². The monoisotopic (exact) mass is 296 g/mol. The maximum atomic E-state index is 12.2. The van der Waals surface area contributed by atoms with Crippen molar-refractivity contribution >= 4 is 30.1 Å². The molecule has 2 N–H and O–H groups in total. The molecule has 4 rings (SSSR count). The van der Waals surface area contributed by atoms with Gasteiger partial charge in [-0.3, -0.25) is 4.79 Å². The summed E-state index contributed by atoms with van der Waals surface area (Å²) in [5, 5.41) is 6.67. The highest BCUT2D eigenvalue weighted by molar-refractivity contribution is 8.01. The minimum absolute atomic E-state index is 0. The Morgan fingerprint density at radius 1 is 1.26 bits per heavy atom. The molecule has 3 aliphatic rings. The second-order valence-electron chi connectivity index (χ2n) is 5.44. The number of rotatable bonds is 2. The van der Waals surface area contributed by atoms with Crippen molar-refractivity contribution in [3.05, 3.63) is 29.8 Å². The highest BCUT2D eigenvalue weighted by atomic mass is 35.5. The van der Waals surface area contributed by atoms with Crippen molar-refractivity contribution in [1.29, 1.82) is 0 Å². The number of nitrogens with one attached hydrogen (secondary N) is 2. The van der Waals surface area contributed by atoms with Crippen LogP contribution in [0, 0.1) is 11.8 Å². The van der Waals surface area contributed by atoms with E-state index in [4.69, 9.17) is 0 Å². The third kappa shape index (κ3) is 2.26. The second-order valence-corrected chi connectivity index (χ2v) is 6.68. The van der Waals surface area contributed by atoms with Crippen LogP contribution in [0.5, 0.6) is 0 Å². The van der Waals surface area contributed by atoms with Crippen LogP contribution in [0.2, 0.25) is 0 Å². The largest absolute Gasteiger partial charge is 0.352 e. The summed E-state index contributed by atoms with van der Waals surface area (Å²) >= 11 is 1.71. The molecule has 1 amide bonds. The van der Waals surface area contributed by atoms with Crippen molar-refractivity contribution in [3.63, 3.8) is 0 Å². The van der Waals surface area contributed by atoms with E-state index in [9.17, 15) is 4.79 Å². The third-order valence-electron chi connectivity index (χ3n) is 4.34. The number of hydrogen-bond donors (Lipinski definition) is 2. The first-order chi connectivity index (χ1) is 8.83. The number of carbonyl (C=O) groups is 1. The van der Waals surface area contributed by atoms with Gasteiger partial charge in [0.15, 0.2) is 0 Å². The molecule has 2 heterocycles. The van der Waals surface area contributed by atoms with Crippen LogP contribution in [0.3, 0.4) is 0 Å². The Hall–Kier alpha value is -0.710. The zero-order chi connectivity index (χ0) is 12.1. The fourth-order valence-electron chi connectivity index (χ4n) is 3.22. The Kier molecular flexibility index (Phi) is 3.50. The molecule has 5 heteroatoms. The van der Waals surface area contributed by atoms with E-state index < -0.39 is 0 Å². The SMILES string of the molecule is Cl.O=C(NC1C2CNCC21)C1Cc2ccccc2S1. The third-order valence-corrected chi connectivity index (χ3v) is 5.66. The Bertz CT molecular complexity index is 475. The molecule has 0 radical (unpaired) electrons. The highest BCUT2D eigenvalue weighted by Crippen LogP contribution is 2.43. The Labute approximate surface area is 123 Å². The molecule has 1 saturated carbocycles. The van der Waals surface area contributed by atoms with Crippen LogP contribution in [-0.4, -0.2) is 30.3 Å². The quantitative estimate of drug-likeness (QED) is 0.868. The smallest absolute Gasteiger partial charge is 0.234 e. The fourth-order valence-corrected chi connectivity index (χ4v) is 4.42. The first-order valence-corrected chi connectivity index (χ1v) is 7.46. The summed E-state index contributed by atoms with van der Waals surface area (Å²) in [7, 11) is 0. The molecule has 2 fully saturated rings. The number of benzene rings is 1. The Balaban J connectivity index is 0.00000110. The summed E-state index contributed by atoms with van der Waals surface area (Å²) in [4.78, 5) is 13.5. The number of amides is 1. The number of halogens is 1.